The first-order chi connectivity index (χ1) is 14.2. The summed E-state index contributed by atoms with van der Waals surface area (Å²) in [4.78, 5) is 14.2. The third-order valence-electron chi connectivity index (χ3n) is 12.1. The van der Waals surface area contributed by atoms with Crippen LogP contribution in [0.25, 0.3) is 0 Å². The highest BCUT2D eigenvalue weighted by Crippen LogP contribution is 3.01. The maximum Gasteiger partial charge on any atom is 0.143 e. The SMILES string of the molecule is O=C1[C@@H]2[C@H]3C[C@H]4[C@@H]2[C@@]25CC[C@@]6(c7ccccc7)C[C@@]12[C@@H]3[C@@H]4[C@]5(c1ccccc1)C6. The van der Waals surface area contributed by atoms with Crippen molar-refractivity contribution in [1.82, 2.24) is 0 Å². The minimum absolute atomic E-state index is 0.0207. The summed E-state index contributed by atoms with van der Waals surface area (Å²) >= 11 is 0. The summed E-state index contributed by atoms with van der Waals surface area (Å²) in [6.45, 7) is 0. The molecule has 2 spiro atoms. The molecule has 29 heavy (non-hydrogen) atoms. The lowest BCUT2D eigenvalue weighted by Gasteiger charge is -2.67. The van der Waals surface area contributed by atoms with Crippen LogP contribution in [0.2, 0.25) is 0 Å². The number of carbonyl (C=O) groups is 1. The number of rotatable bonds is 2. The Kier molecular flexibility index (Phi) is 2.07. The van der Waals surface area contributed by atoms with Crippen LogP contribution in [-0.2, 0) is 15.6 Å². The summed E-state index contributed by atoms with van der Waals surface area (Å²) in [5, 5.41) is 0. The lowest BCUT2D eigenvalue weighted by Crippen LogP contribution is -2.64. The topological polar surface area (TPSA) is 17.1 Å². The summed E-state index contributed by atoms with van der Waals surface area (Å²) < 4.78 is 0. The zero-order chi connectivity index (χ0) is 18.8. The maximum absolute atomic E-state index is 14.2. The van der Waals surface area contributed by atoms with Gasteiger partial charge in [-0.3, -0.25) is 4.79 Å². The van der Waals surface area contributed by atoms with Crippen LogP contribution < -0.4 is 0 Å². The van der Waals surface area contributed by atoms with Crippen molar-refractivity contribution in [2.45, 2.75) is 42.9 Å². The molecule has 9 aliphatic rings. The highest BCUT2D eigenvalue weighted by Gasteiger charge is 3.00. The Balaban J connectivity index is 1.42. The van der Waals surface area contributed by atoms with Gasteiger partial charge in [0.2, 0.25) is 0 Å². The van der Waals surface area contributed by atoms with Crippen molar-refractivity contribution in [2.75, 3.05) is 0 Å². The molecule has 9 aliphatic carbocycles. The predicted octanol–water partition coefficient (Wildman–Crippen LogP) is 5.15. The second kappa shape index (κ2) is 4.01. The van der Waals surface area contributed by atoms with Crippen molar-refractivity contribution in [3.8, 4) is 0 Å². The summed E-state index contributed by atoms with van der Waals surface area (Å²) in [5.74, 6) is 5.00. The lowest BCUT2D eigenvalue weighted by molar-refractivity contribution is -0.156. The van der Waals surface area contributed by atoms with E-state index in [4.69, 9.17) is 0 Å². The van der Waals surface area contributed by atoms with Crippen molar-refractivity contribution >= 4 is 5.78 Å². The van der Waals surface area contributed by atoms with E-state index >= 15 is 0 Å². The first kappa shape index (κ1) is 15.0. The monoisotopic (exact) mass is 378 g/mol. The van der Waals surface area contributed by atoms with Crippen molar-refractivity contribution in [3.63, 3.8) is 0 Å². The van der Waals surface area contributed by atoms with E-state index in [-0.39, 0.29) is 16.2 Å². The summed E-state index contributed by atoms with van der Waals surface area (Å²) in [5.41, 5.74) is 3.91. The fourth-order valence-corrected chi connectivity index (χ4v) is 12.5. The van der Waals surface area contributed by atoms with E-state index in [2.05, 4.69) is 60.7 Å². The van der Waals surface area contributed by atoms with Crippen LogP contribution in [0.4, 0.5) is 0 Å². The number of ketones is 1. The third kappa shape index (κ3) is 1.07. The molecule has 8 bridgehead atoms. The van der Waals surface area contributed by atoms with Gasteiger partial charge in [-0.15, -0.1) is 0 Å². The van der Waals surface area contributed by atoms with E-state index in [1.807, 2.05) is 0 Å². The maximum atomic E-state index is 14.2. The Labute approximate surface area is 171 Å². The number of carbonyl (C=O) groups excluding carboxylic acids is 1. The van der Waals surface area contributed by atoms with Crippen molar-refractivity contribution in [3.05, 3.63) is 71.8 Å². The van der Waals surface area contributed by atoms with E-state index in [1.54, 1.807) is 5.56 Å². The molecule has 0 aromatic heterocycles. The van der Waals surface area contributed by atoms with Gasteiger partial charge in [0, 0.05) is 16.7 Å². The fraction of sp³-hybridized carbons (Fsp3) is 0.536. The van der Waals surface area contributed by atoms with Gasteiger partial charge in [0.05, 0.1) is 0 Å². The minimum atomic E-state index is 0.0207. The quantitative estimate of drug-likeness (QED) is 0.706. The second-order valence-electron chi connectivity index (χ2n) is 11.8. The molecular formula is C28H26O. The molecule has 144 valence electrons. The van der Waals surface area contributed by atoms with Gasteiger partial charge in [0.25, 0.3) is 0 Å². The molecule has 0 radical (unpaired) electrons. The molecule has 1 heteroatoms. The van der Waals surface area contributed by atoms with Crippen LogP contribution in [0.1, 0.15) is 43.2 Å². The van der Waals surface area contributed by atoms with Gasteiger partial charge in [-0.1, -0.05) is 60.7 Å². The average Bonchev–Trinajstić information content (AvgIpc) is 3.50. The molecule has 0 aliphatic heterocycles. The number of hydrogen-bond acceptors (Lipinski definition) is 1. The number of fused-ring (bicyclic) bond motifs is 1. The second-order valence-corrected chi connectivity index (χ2v) is 11.8. The molecule has 0 amide bonds. The van der Waals surface area contributed by atoms with Gasteiger partial charge < -0.3 is 0 Å². The summed E-state index contributed by atoms with van der Waals surface area (Å²) in [7, 11) is 0. The third-order valence-corrected chi connectivity index (χ3v) is 12.1. The first-order valence-corrected chi connectivity index (χ1v) is 11.9. The molecule has 1 nitrogen and oxygen atoms in total. The summed E-state index contributed by atoms with van der Waals surface area (Å²) in [6, 6.07) is 22.9. The molecule has 2 aromatic carbocycles. The molecule has 9 saturated carbocycles. The van der Waals surface area contributed by atoms with Crippen molar-refractivity contribution in [2.24, 2.45) is 46.3 Å². The van der Waals surface area contributed by atoms with Gasteiger partial charge in [-0.2, -0.15) is 0 Å². The van der Waals surface area contributed by atoms with Gasteiger partial charge in [-0.25, -0.2) is 0 Å². The standard InChI is InChI=1S/C28H26O/c29-24-20-18-13-19-21(20)28-12-11-25(16-7-3-1-4-8-16)14-26(28,17-9-5-2-6-10-17)23(19)22(18)27(24,28)15-25/h1-10,18-23H,11-15H2/t18-,19+,20-,21+,22+,23-,25+,26-,27-,28-/m1/s1. The van der Waals surface area contributed by atoms with Crippen molar-refractivity contribution < 1.29 is 4.79 Å². The van der Waals surface area contributed by atoms with Crippen molar-refractivity contribution in [1.29, 1.82) is 0 Å². The predicted molar refractivity (Wildman–Crippen MR) is 110 cm³/mol. The van der Waals surface area contributed by atoms with Crippen LogP contribution in [0.15, 0.2) is 60.7 Å². The summed E-state index contributed by atoms with van der Waals surface area (Å²) in [6.07, 6.45) is 6.47. The van der Waals surface area contributed by atoms with Crippen LogP contribution in [-0.4, -0.2) is 5.78 Å². The Bertz CT molecular complexity index is 1120. The lowest BCUT2D eigenvalue weighted by atomic mass is 9.35. The molecule has 2 aromatic rings. The van der Waals surface area contributed by atoms with Crippen LogP contribution in [0, 0.1) is 46.3 Å². The minimum Gasteiger partial charge on any atom is -0.299 e. The molecule has 0 N–H and O–H groups in total. The highest BCUT2D eigenvalue weighted by molar-refractivity contribution is 5.98. The van der Waals surface area contributed by atoms with Crippen LogP contribution in [0.3, 0.4) is 0 Å². The largest absolute Gasteiger partial charge is 0.299 e. The van der Waals surface area contributed by atoms with E-state index < -0.39 is 0 Å². The highest BCUT2D eigenvalue weighted by atomic mass is 16.1. The molecule has 10 atom stereocenters. The van der Waals surface area contributed by atoms with E-state index in [0.717, 1.165) is 29.5 Å². The average molecular weight is 379 g/mol. The Morgan fingerprint density at radius 3 is 2.10 bits per heavy atom. The van der Waals surface area contributed by atoms with Crippen LogP contribution in [0.5, 0.6) is 0 Å². The normalized spacial score (nSPS) is 58.3. The van der Waals surface area contributed by atoms with Crippen LogP contribution >= 0.6 is 0 Å². The molecule has 11 rings (SSSR count). The molecule has 0 heterocycles. The zero-order valence-corrected chi connectivity index (χ0v) is 16.7. The molecule has 0 unspecified atom stereocenters. The first-order valence-electron chi connectivity index (χ1n) is 11.9. The molecule has 9 fully saturated rings. The Hall–Kier alpha value is -1.89. The van der Waals surface area contributed by atoms with Gasteiger partial charge >= 0.3 is 0 Å². The Morgan fingerprint density at radius 2 is 1.34 bits per heavy atom. The van der Waals surface area contributed by atoms with Gasteiger partial charge in [0.15, 0.2) is 0 Å². The fourth-order valence-electron chi connectivity index (χ4n) is 12.5. The number of benzene rings is 2. The zero-order valence-electron chi connectivity index (χ0n) is 16.7. The van der Waals surface area contributed by atoms with Gasteiger partial charge in [-0.05, 0) is 83.7 Å². The smallest absolute Gasteiger partial charge is 0.143 e. The number of hydrogen-bond donors (Lipinski definition) is 0. The Morgan fingerprint density at radius 1 is 0.690 bits per heavy atom. The molecule has 0 saturated heterocycles. The van der Waals surface area contributed by atoms with E-state index in [9.17, 15) is 4.79 Å². The van der Waals surface area contributed by atoms with E-state index in [0.29, 0.717) is 17.3 Å². The number of Topliss-reactive ketones (excluding diaryl/α,β-unsaturated/α-hetero) is 1. The van der Waals surface area contributed by atoms with Gasteiger partial charge in [0.1, 0.15) is 5.78 Å². The molecular weight excluding hydrogens is 352 g/mol. The van der Waals surface area contributed by atoms with E-state index in [1.165, 1.54) is 37.7 Å².